The Hall–Kier alpha value is -2.19. The Morgan fingerprint density at radius 3 is 2.89 bits per heavy atom. The lowest BCUT2D eigenvalue weighted by Crippen LogP contribution is -2.13. The van der Waals surface area contributed by atoms with E-state index < -0.39 is 0 Å². The number of rotatable bonds is 3. The average molecular weight is 244 g/mol. The highest BCUT2D eigenvalue weighted by molar-refractivity contribution is 5.40. The Labute approximate surface area is 105 Å². The maximum atomic E-state index is 14.0. The molecule has 1 N–H and O–H groups in total. The highest BCUT2D eigenvalue weighted by Gasteiger charge is 2.11. The van der Waals surface area contributed by atoms with Crippen LogP contribution in [0.25, 0.3) is 5.69 Å². The molecule has 0 saturated carbocycles. The molecule has 0 spiro atoms. The van der Waals surface area contributed by atoms with Crippen LogP contribution in [0.4, 0.5) is 4.39 Å². The second kappa shape index (κ2) is 4.98. The minimum Gasteiger partial charge on any atom is -0.313 e. The number of nitrogens with zero attached hydrogens (tertiary/aromatic N) is 3. The lowest BCUT2D eigenvalue weighted by molar-refractivity contribution is 0.601. The first kappa shape index (κ1) is 12.3. The van der Waals surface area contributed by atoms with Crippen molar-refractivity contribution in [1.82, 2.24) is 14.9 Å². The molecule has 1 aromatic heterocycles. The van der Waals surface area contributed by atoms with Crippen LogP contribution in [0.1, 0.15) is 24.4 Å². The molecule has 0 fully saturated rings. The van der Waals surface area contributed by atoms with E-state index in [-0.39, 0.29) is 17.7 Å². The molecule has 1 aromatic carbocycles. The van der Waals surface area contributed by atoms with Crippen molar-refractivity contribution < 1.29 is 4.39 Å². The molecular weight excluding hydrogens is 231 g/mol. The van der Waals surface area contributed by atoms with Gasteiger partial charge in [0, 0.05) is 18.4 Å². The summed E-state index contributed by atoms with van der Waals surface area (Å²) >= 11 is 0. The van der Waals surface area contributed by atoms with Gasteiger partial charge in [-0.2, -0.15) is 5.26 Å². The quantitative estimate of drug-likeness (QED) is 0.900. The summed E-state index contributed by atoms with van der Waals surface area (Å²) < 4.78 is 15.5. The zero-order valence-electron chi connectivity index (χ0n) is 10.2. The van der Waals surface area contributed by atoms with Gasteiger partial charge in [0.1, 0.15) is 11.9 Å². The van der Waals surface area contributed by atoms with Gasteiger partial charge < -0.3 is 5.32 Å². The summed E-state index contributed by atoms with van der Waals surface area (Å²) in [7, 11) is 1.82. The van der Waals surface area contributed by atoms with Crippen molar-refractivity contribution in [3.63, 3.8) is 0 Å². The summed E-state index contributed by atoms with van der Waals surface area (Å²) in [5, 5.41) is 11.9. The van der Waals surface area contributed by atoms with Crippen LogP contribution < -0.4 is 5.32 Å². The molecule has 0 aliphatic rings. The number of nitriles is 1. The minimum absolute atomic E-state index is 0.0757. The van der Waals surface area contributed by atoms with Crippen LogP contribution in [-0.2, 0) is 0 Å². The van der Waals surface area contributed by atoms with Gasteiger partial charge in [0.05, 0.1) is 5.69 Å². The number of nitrogens with one attached hydrogen (secondary N) is 1. The van der Waals surface area contributed by atoms with Crippen molar-refractivity contribution in [2.75, 3.05) is 7.05 Å². The third-order valence-corrected chi connectivity index (χ3v) is 2.91. The molecule has 4 nitrogen and oxygen atoms in total. The Morgan fingerprint density at radius 1 is 1.50 bits per heavy atom. The summed E-state index contributed by atoms with van der Waals surface area (Å²) in [6.07, 6.45) is 3.04. The van der Waals surface area contributed by atoms with E-state index >= 15 is 0 Å². The predicted molar refractivity (Wildman–Crippen MR) is 65.7 cm³/mol. The molecule has 0 aliphatic heterocycles. The summed E-state index contributed by atoms with van der Waals surface area (Å²) in [5.41, 5.74) is 1.19. The maximum absolute atomic E-state index is 14.0. The van der Waals surface area contributed by atoms with Gasteiger partial charge in [0.25, 0.3) is 0 Å². The van der Waals surface area contributed by atoms with Crippen LogP contribution in [0.3, 0.4) is 0 Å². The van der Waals surface area contributed by atoms with Gasteiger partial charge >= 0.3 is 0 Å². The van der Waals surface area contributed by atoms with Crippen LogP contribution in [0.2, 0.25) is 0 Å². The summed E-state index contributed by atoms with van der Waals surface area (Å²) in [6.45, 7) is 1.95. The molecule has 0 amide bonds. The van der Waals surface area contributed by atoms with Crippen LogP contribution in [0, 0.1) is 17.1 Å². The molecule has 2 rings (SSSR count). The van der Waals surface area contributed by atoms with Crippen molar-refractivity contribution >= 4 is 0 Å². The molecule has 92 valence electrons. The van der Waals surface area contributed by atoms with Gasteiger partial charge in [-0.25, -0.2) is 9.37 Å². The van der Waals surface area contributed by atoms with Crippen molar-refractivity contribution in [1.29, 1.82) is 5.26 Å². The summed E-state index contributed by atoms with van der Waals surface area (Å²) in [4.78, 5) is 3.85. The van der Waals surface area contributed by atoms with Gasteiger partial charge in [-0.1, -0.05) is 6.07 Å². The van der Waals surface area contributed by atoms with Gasteiger partial charge in [0.2, 0.25) is 5.82 Å². The summed E-state index contributed by atoms with van der Waals surface area (Å²) in [6, 6.07) is 6.96. The highest BCUT2D eigenvalue weighted by atomic mass is 19.1. The van der Waals surface area contributed by atoms with E-state index in [4.69, 9.17) is 5.26 Å². The Balaban J connectivity index is 2.46. The molecule has 0 saturated heterocycles. The van der Waals surface area contributed by atoms with E-state index in [1.165, 1.54) is 16.8 Å². The number of halogens is 1. The van der Waals surface area contributed by atoms with Gasteiger partial charge in [-0.3, -0.25) is 4.57 Å². The van der Waals surface area contributed by atoms with Gasteiger partial charge in [-0.15, -0.1) is 0 Å². The van der Waals surface area contributed by atoms with Crippen molar-refractivity contribution in [3.8, 4) is 11.8 Å². The number of aromatic nitrogens is 2. The van der Waals surface area contributed by atoms with E-state index in [9.17, 15) is 4.39 Å². The van der Waals surface area contributed by atoms with E-state index in [0.29, 0.717) is 5.69 Å². The van der Waals surface area contributed by atoms with Gasteiger partial charge in [0.15, 0.2) is 0 Å². The van der Waals surface area contributed by atoms with Crippen LogP contribution >= 0.6 is 0 Å². The van der Waals surface area contributed by atoms with Gasteiger partial charge in [-0.05, 0) is 31.7 Å². The molecule has 1 unspecified atom stereocenters. The number of benzene rings is 1. The molecule has 2 aromatic rings. The molecule has 0 aliphatic carbocycles. The molecule has 0 bridgehead atoms. The third-order valence-electron chi connectivity index (χ3n) is 2.91. The van der Waals surface area contributed by atoms with E-state index in [1.807, 2.05) is 26.1 Å². The fraction of sp³-hybridized carbons (Fsp3) is 0.231. The largest absolute Gasteiger partial charge is 0.313 e. The lowest BCUT2D eigenvalue weighted by atomic mass is 10.1. The number of hydrogen-bond donors (Lipinski definition) is 1. The first-order valence-corrected chi connectivity index (χ1v) is 5.58. The van der Waals surface area contributed by atoms with Crippen LogP contribution in [0.15, 0.2) is 30.6 Å². The number of hydrogen-bond acceptors (Lipinski definition) is 3. The smallest absolute Gasteiger partial charge is 0.217 e. The SMILES string of the molecule is CNC(C)c1ccc(-n2ccnc2C#N)c(F)c1. The molecule has 1 heterocycles. The Kier molecular flexibility index (Phi) is 3.40. The predicted octanol–water partition coefficient (Wildman–Crippen LogP) is 2.16. The molecular formula is C13H13FN4. The maximum Gasteiger partial charge on any atom is 0.217 e. The topological polar surface area (TPSA) is 53.6 Å². The lowest BCUT2D eigenvalue weighted by Gasteiger charge is -2.12. The number of imidazole rings is 1. The highest BCUT2D eigenvalue weighted by Crippen LogP contribution is 2.20. The zero-order chi connectivity index (χ0) is 13.1. The second-order valence-electron chi connectivity index (χ2n) is 3.95. The fourth-order valence-electron chi connectivity index (χ4n) is 1.74. The molecule has 5 heteroatoms. The van der Waals surface area contributed by atoms with Crippen molar-refractivity contribution in [3.05, 3.63) is 47.8 Å². The average Bonchev–Trinajstić information content (AvgIpc) is 2.85. The van der Waals surface area contributed by atoms with E-state index in [0.717, 1.165) is 5.56 Å². The monoisotopic (exact) mass is 244 g/mol. The molecule has 1 atom stereocenters. The van der Waals surface area contributed by atoms with Crippen molar-refractivity contribution in [2.45, 2.75) is 13.0 Å². The minimum atomic E-state index is -0.371. The molecule has 0 radical (unpaired) electrons. The third kappa shape index (κ3) is 2.11. The van der Waals surface area contributed by atoms with E-state index in [2.05, 4.69) is 10.3 Å². The fourth-order valence-corrected chi connectivity index (χ4v) is 1.74. The normalized spacial score (nSPS) is 12.1. The van der Waals surface area contributed by atoms with Crippen molar-refractivity contribution in [2.24, 2.45) is 0 Å². The zero-order valence-corrected chi connectivity index (χ0v) is 10.2. The van der Waals surface area contributed by atoms with Crippen LogP contribution in [0.5, 0.6) is 0 Å². The van der Waals surface area contributed by atoms with Crippen LogP contribution in [-0.4, -0.2) is 16.6 Å². The molecule has 18 heavy (non-hydrogen) atoms. The Bertz CT molecular complexity index is 597. The standard InChI is InChI=1S/C13H13FN4/c1-9(16-2)10-3-4-12(11(14)7-10)18-6-5-17-13(18)8-15/h3-7,9,16H,1-2H3. The van der Waals surface area contributed by atoms with E-state index in [1.54, 1.807) is 12.3 Å². The second-order valence-corrected chi connectivity index (χ2v) is 3.95. The Morgan fingerprint density at radius 2 is 2.28 bits per heavy atom. The summed E-state index contributed by atoms with van der Waals surface area (Å²) in [5.74, 6) is -0.201. The first-order valence-electron chi connectivity index (χ1n) is 5.58. The first-order chi connectivity index (χ1) is 8.67.